The Kier molecular flexibility index (Phi) is 11.6. The minimum Gasteiger partial charge on any atom is -0.465 e. The van der Waals surface area contributed by atoms with Crippen molar-refractivity contribution in [2.45, 2.75) is 25.7 Å². The zero-order valence-electron chi connectivity index (χ0n) is 20.6. The number of carbonyl (C=O) groups is 4. The fraction of sp³-hybridized carbons (Fsp3) is 0.407. The highest BCUT2D eigenvalue weighted by Gasteiger charge is 2.36. The number of esters is 2. The van der Waals surface area contributed by atoms with Crippen molar-refractivity contribution in [3.05, 3.63) is 70.8 Å². The van der Waals surface area contributed by atoms with Crippen molar-refractivity contribution >= 4 is 36.0 Å². The molecule has 1 aliphatic heterocycles. The van der Waals surface area contributed by atoms with Crippen LogP contribution in [-0.4, -0.2) is 57.5 Å². The second-order valence-corrected chi connectivity index (χ2v) is 8.61. The van der Waals surface area contributed by atoms with Crippen molar-refractivity contribution in [1.29, 1.82) is 0 Å². The summed E-state index contributed by atoms with van der Waals surface area (Å²) in [7, 11) is 2.69. The molecule has 36 heavy (non-hydrogen) atoms. The second-order valence-electron chi connectivity index (χ2n) is 8.61. The Bertz CT molecular complexity index is 956. The van der Waals surface area contributed by atoms with E-state index in [2.05, 4.69) is 10.6 Å². The Labute approximate surface area is 217 Å². The molecule has 2 atom stereocenters. The quantitative estimate of drug-likeness (QED) is 0.442. The number of rotatable bonds is 11. The molecule has 0 saturated carbocycles. The summed E-state index contributed by atoms with van der Waals surface area (Å²) in [5.74, 6) is -1.47. The van der Waals surface area contributed by atoms with E-state index in [0.29, 0.717) is 50.0 Å². The zero-order valence-corrected chi connectivity index (χ0v) is 21.4. The van der Waals surface area contributed by atoms with E-state index in [4.69, 9.17) is 9.47 Å². The number of aryl methyl sites for hydroxylation is 1. The largest absolute Gasteiger partial charge is 0.465 e. The maximum atomic E-state index is 12.8. The summed E-state index contributed by atoms with van der Waals surface area (Å²) < 4.78 is 9.39. The number of carbonyl (C=O) groups excluding carboxylic acids is 4. The first-order valence-electron chi connectivity index (χ1n) is 11.8. The van der Waals surface area contributed by atoms with Gasteiger partial charge in [-0.25, -0.2) is 9.59 Å². The Morgan fingerprint density at radius 3 is 1.83 bits per heavy atom. The van der Waals surface area contributed by atoms with E-state index in [1.165, 1.54) is 14.2 Å². The normalized spacial score (nSPS) is 16.5. The molecule has 0 unspecified atom stereocenters. The Balaban J connectivity index is 0.00000456. The predicted molar refractivity (Wildman–Crippen MR) is 137 cm³/mol. The lowest BCUT2D eigenvalue weighted by molar-refractivity contribution is -0.131. The van der Waals surface area contributed by atoms with Crippen LogP contribution in [0.15, 0.2) is 48.5 Å². The van der Waals surface area contributed by atoms with Crippen LogP contribution in [0.1, 0.15) is 44.7 Å². The average molecular weight is 517 g/mol. The van der Waals surface area contributed by atoms with Gasteiger partial charge in [0.25, 0.3) is 0 Å². The molecule has 8 nitrogen and oxygen atoms in total. The van der Waals surface area contributed by atoms with Crippen LogP contribution in [0.2, 0.25) is 0 Å². The topological polar surface area (TPSA) is 111 Å². The van der Waals surface area contributed by atoms with Gasteiger partial charge >= 0.3 is 11.9 Å². The number of ether oxygens (including phenoxy) is 2. The molecule has 0 spiro atoms. The van der Waals surface area contributed by atoms with Crippen LogP contribution in [0.25, 0.3) is 0 Å². The molecule has 1 saturated heterocycles. The molecule has 1 heterocycles. The van der Waals surface area contributed by atoms with E-state index >= 15 is 0 Å². The van der Waals surface area contributed by atoms with Gasteiger partial charge in [0.05, 0.1) is 31.3 Å². The maximum Gasteiger partial charge on any atom is 0.337 e. The minimum atomic E-state index is -0.384. The SMILES string of the molecule is COC(=O)c1ccc(CCCC(=O)[C@@H]2CNC[C@H]2C(=O)NCCc2ccc(C(=O)OC)cc2)cc1.Cl. The van der Waals surface area contributed by atoms with Crippen molar-refractivity contribution in [2.24, 2.45) is 11.8 Å². The lowest BCUT2D eigenvalue weighted by Gasteiger charge is -2.17. The molecule has 2 aromatic rings. The van der Waals surface area contributed by atoms with Gasteiger partial charge in [0.15, 0.2) is 0 Å². The Morgan fingerprint density at radius 1 is 0.806 bits per heavy atom. The van der Waals surface area contributed by atoms with E-state index in [-0.39, 0.29) is 47.9 Å². The van der Waals surface area contributed by atoms with Crippen LogP contribution in [0.4, 0.5) is 0 Å². The monoisotopic (exact) mass is 516 g/mol. The van der Waals surface area contributed by atoms with Crippen LogP contribution < -0.4 is 10.6 Å². The molecule has 1 fully saturated rings. The van der Waals surface area contributed by atoms with Crippen molar-refractivity contribution in [3.63, 3.8) is 0 Å². The summed E-state index contributed by atoms with van der Waals surface area (Å²) in [6.07, 6.45) is 2.43. The standard InChI is InChI=1S/C27H32N2O6.ClH/c1-34-26(32)20-10-6-18(7-11-20)4-3-5-24(30)22-16-28-17-23(22)25(31)29-15-14-19-8-12-21(13-9-19)27(33)35-2;/h6-13,22-23,28H,3-5,14-17H2,1-2H3,(H,29,31);1H/t22-,23-;/m1./s1. The number of halogens is 1. The molecule has 0 radical (unpaired) electrons. The number of methoxy groups -OCH3 is 2. The molecule has 194 valence electrons. The number of amides is 1. The molecule has 1 amide bonds. The zero-order chi connectivity index (χ0) is 25.2. The van der Waals surface area contributed by atoms with Gasteiger partial charge < -0.3 is 20.1 Å². The second kappa shape index (κ2) is 14.4. The Hall–Kier alpha value is -3.23. The van der Waals surface area contributed by atoms with Crippen molar-refractivity contribution < 1.29 is 28.7 Å². The summed E-state index contributed by atoms with van der Waals surface area (Å²) in [6, 6.07) is 14.3. The fourth-order valence-electron chi connectivity index (χ4n) is 4.26. The number of hydrogen-bond donors (Lipinski definition) is 2. The highest BCUT2D eigenvalue weighted by molar-refractivity contribution is 5.90. The lowest BCUT2D eigenvalue weighted by atomic mass is 9.88. The van der Waals surface area contributed by atoms with Gasteiger partial charge in [0.2, 0.25) is 5.91 Å². The van der Waals surface area contributed by atoms with Gasteiger partial charge in [0, 0.05) is 32.0 Å². The fourth-order valence-corrected chi connectivity index (χ4v) is 4.26. The van der Waals surface area contributed by atoms with Gasteiger partial charge in [-0.05, 0) is 54.7 Å². The highest BCUT2D eigenvalue weighted by atomic mass is 35.5. The third-order valence-electron chi connectivity index (χ3n) is 6.32. The van der Waals surface area contributed by atoms with E-state index in [1.54, 1.807) is 24.3 Å². The van der Waals surface area contributed by atoms with Gasteiger partial charge in [-0.1, -0.05) is 24.3 Å². The first kappa shape index (κ1) is 29.0. The first-order chi connectivity index (χ1) is 16.9. The number of hydrogen-bond acceptors (Lipinski definition) is 7. The van der Waals surface area contributed by atoms with E-state index in [0.717, 1.165) is 17.5 Å². The number of benzene rings is 2. The van der Waals surface area contributed by atoms with Gasteiger partial charge in [-0.2, -0.15) is 0 Å². The third kappa shape index (κ3) is 7.90. The van der Waals surface area contributed by atoms with E-state index in [1.807, 2.05) is 24.3 Å². The summed E-state index contributed by atoms with van der Waals surface area (Å²) in [6.45, 7) is 1.46. The third-order valence-corrected chi connectivity index (χ3v) is 6.32. The molecular weight excluding hydrogens is 484 g/mol. The summed E-state index contributed by atoms with van der Waals surface area (Å²) in [4.78, 5) is 48.6. The number of ketones is 1. The number of Topliss-reactive ketones (excluding diaryl/α,β-unsaturated/α-hetero) is 1. The van der Waals surface area contributed by atoms with Gasteiger partial charge in [-0.15, -0.1) is 12.4 Å². The molecule has 1 aliphatic rings. The highest BCUT2D eigenvalue weighted by Crippen LogP contribution is 2.21. The average Bonchev–Trinajstić information content (AvgIpc) is 3.39. The molecule has 2 N–H and O–H groups in total. The van der Waals surface area contributed by atoms with Crippen LogP contribution >= 0.6 is 12.4 Å². The van der Waals surface area contributed by atoms with Gasteiger partial charge in [0.1, 0.15) is 5.78 Å². The van der Waals surface area contributed by atoms with Crippen molar-refractivity contribution in [3.8, 4) is 0 Å². The lowest BCUT2D eigenvalue weighted by Crippen LogP contribution is -2.38. The molecule has 0 aliphatic carbocycles. The summed E-state index contributed by atoms with van der Waals surface area (Å²) >= 11 is 0. The Morgan fingerprint density at radius 2 is 1.31 bits per heavy atom. The molecule has 2 aromatic carbocycles. The molecule has 3 rings (SSSR count). The van der Waals surface area contributed by atoms with Crippen molar-refractivity contribution in [1.82, 2.24) is 10.6 Å². The van der Waals surface area contributed by atoms with Crippen LogP contribution in [-0.2, 0) is 31.9 Å². The molecule has 0 bridgehead atoms. The maximum absolute atomic E-state index is 12.8. The smallest absolute Gasteiger partial charge is 0.337 e. The minimum absolute atomic E-state index is 0. The summed E-state index contributed by atoms with van der Waals surface area (Å²) in [5, 5.41) is 6.12. The number of nitrogens with one attached hydrogen (secondary N) is 2. The van der Waals surface area contributed by atoms with Crippen LogP contribution in [0.3, 0.4) is 0 Å². The van der Waals surface area contributed by atoms with E-state index < -0.39 is 0 Å². The predicted octanol–water partition coefficient (Wildman–Crippen LogP) is 2.77. The molecule has 9 heteroatoms. The van der Waals surface area contributed by atoms with Crippen LogP contribution in [0, 0.1) is 11.8 Å². The van der Waals surface area contributed by atoms with E-state index in [9.17, 15) is 19.2 Å². The van der Waals surface area contributed by atoms with Gasteiger partial charge in [-0.3, -0.25) is 9.59 Å². The first-order valence-corrected chi connectivity index (χ1v) is 11.8. The molecule has 0 aromatic heterocycles. The summed E-state index contributed by atoms with van der Waals surface area (Å²) in [5.41, 5.74) is 3.02. The van der Waals surface area contributed by atoms with Crippen LogP contribution in [0.5, 0.6) is 0 Å². The van der Waals surface area contributed by atoms with Crippen molar-refractivity contribution in [2.75, 3.05) is 33.9 Å². The molecular formula is C27H33ClN2O6.